The Bertz CT molecular complexity index is 449. The summed E-state index contributed by atoms with van der Waals surface area (Å²) in [4.78, 5) is 0. The second-order valence-electron chi connectivity index (χ2n) is 3.19. The molecule has 0 aliphatic carbocycles. The molecule has 1 N–H and O–H groups in total. The molecule has 0 bridgehead atoms. The summed E-state index contributed by atoms with van der Waals surface area (Å²) >= 11 is 0. The van der Waals surface area contributed by atoms with Crippen molar-refractivity contribution in [2.45, 2.75) is 6.54 Å². The van der Waals surface area contributed by atoms with E-state index in [9.17, 15) is 0 Å². The zero-order valence-corrected chi connectivity index (χ0v) is 8.08. The predicted molar refractivity (Wildman–Crippen MR) is 53.8 cm³/mol. The van der Waals surface area contributed by atoms with Crippen LogP contribution in [0.25, 0.3) is 0 Å². The maximum Gasteiger partial charge on any atom is 0.178 e. The standard InChI is InChI=1S/C11H10N2O2/c14-12-6-10-2-1-4-13(7-10)8-11-3-5-15-9-11/h1-7,9H,8H2/p+1/b12-6+. The van der Waals surface area contributed by atoms with Crippen molar-refractivity contribution in [1.29, 1.82) is 0 Å². The highest BCUT2D eigenvalue weighted by Gasteiger charge is 2.04. The lowest BCUT2D eigenvalue weighted by Crippen LogP contribution is -2.33. The highest BCUT2D eigenvalue weighted by Crippen LogP contribution is 1.99. The van der Waals surface area contributed by atoms with Crippen LogP contribution in [0.1, 0.15) is 11.1 Å². The van der Waals surface area contributed by atoms with Crippen LogP contribution in [-0.2, 0) is 6.54 Å². The van der Waals surface area contributed by atoms with Crippen LogP contribution >= 0.6 is 0 Å². The molecule has 0 aromatic carbocycles. The van der Waals surface area contributed by atoms with Gasteiger partial charge in [-0.25, -0.2) is 4.57 Å². The SMILES string of the molecule is O/N=C/c1ccc[n+](Cc2ccoc2)c1. The first kappa shape index (κ1) is 9.45. The number of rotatable bonds is 3. The number of pyridine rings is 1. The monoisotopic (exact) mass is 203 g/mol. The molecule has 2 rings (SSSR count). The molecule has 4 nitrogen and oxygen atoms in total. The van der Waals surface area contributed by atoms with E-state index in [1.165, 1.54) is 6.21 Å². The lowest BCUT2D eigenvalue weighted by Gasteiger charge is -1.94. The average molecular weight is 203 g/mol. The van der Waals surface area contributed by atoms with Gasteiger partial charge in [-0.05, 0) is 12.1 Å². The lowest BCUT2D eigenvalue weighted by atomic mass is 10.3. The number of furan rings is 1. The Hall–Kier alpha value is -2.10. The largest absolute Gasteiger partial charge is 0.472 e. The van der Waals surface area contributed by atoms with Gasteiger partial charge < -0.3 is 9.62 Å². The Morgan fingerprint density at radius 3 is 3.13 bits per heavy atom. The van der Waals surface area contributed by atoms with E-state index in [2.05, 4.69) is 5.16 Å². The minimum atomic E-state index is 0.740. The average Bonchev–Trinajstić information content (AvgIpc) is 2.71. The van der Waals surface area contributed by atoms with Crippen LogP contribution in [0.5, 0.6) is 0 Å². The number of aromatic nitrogens is 1. The Balaban J connectivity index is 2.18. The zero-order valence-electron chi connectivity index (χ0n) is 8.08. The van der Waals surface area contributed by atoms with Crippen molar-refractivity contribution in [2.75, 3.05) is 0 Å². The fourth-order valence-electron chi connectivity index (χ4n) is 1.38. The number of hydrogen-bond donors (Lipinski definition) is 1. The molecule has 0 spiro atoms. The first-order valence-electron chi connectivity index (χ1n) is 4.56. The van der Waals surface area contributed by atoms with Gasteiger partial charge in [-0.15, -0.1) is 0 Å². The summed E-state index contributed by atoms with van der Waals surface area (Å²) in [5.41, 5.74) is 1.95. The van der Waals surface area contributed by atoms with Gasteiger partial charge in [0.2, 0.25) is 0 Å². The number of nitrogens with zero attached hydrogens (tertiary/aromatic N) is 2. The molecule has 0 saturated carbocycles. The Kier molecular flexibility index (Phi) is 2.78. The molecule has 0 aliphatic rings. The molecule has 0 fully saturated rings. The fraction of sp³-hybridized carbons (Fsp3) is 0.0909. The highest BCUT2D eigenvalue weighted by atomic mass is 16.4. The van der Waals surface area contributed by atoms with Gasteiger partial charge in [0.05, 0.1) is 29.9 Å². The van der Waals surface area contributed by atoms with Crippen molar-refractivity contribution in [3.8, 4) is 0 Å². The third kappa shape index (κ3) is 2.43. The number of hydrogen-bond acceptors (Lipinski definition) is 3. The molecule has 0 amide bonds. The van der Waals surface area contributed by atoms with Gasteiger partial charge in [0.1, 0.15) is 0 Å². The molecule has 0 unspecified atom stereocenters. The van der Waals surface area contributed by atoms with Gasteiger partial charge in [-0.1, -0.05) is 5.16 Å². The van der Waals surface area contributed by atoms with Crippen molar-refractivity contribution in [1.82, 2.24) is 0 Å². The summed E-state index contributed by atoms with van der Waals surface area (Å²) in [7, 11) is 0. The second kappa shape index (κ2) is 4.41. The molecular weight excluding hydrogens is 192 g/mol. The third-order valence-electron chi connectivity index (χ3n) is 2.03. The van der Waals surface area contributed by atoms with Gasteiger partial charge in [-0.3, -0.25) is 0 Å². The molecule has 2 aromatic rings. The Morgan fingerprint density at radius 2 is 2.40 bits per heavy atom. The van der Waals surface area contributed by atoms with E-state index in [0.717, 1.165) is 17.7 Å². The summed E-state index contributed by atoms with van der Waals surface area (Å²) in [6, 6.07) is 5.68. The zero-order chi connectivity index (χ0) is 10.5. The summed E-state index contributed by atoms with van der Waals surface area (Å²) in [5, 5.41) is 11.4. The predicted octanol–water partition coefficient (Wildman–Crippen LogP) is 1.42. The molecule has 0 atom stereocenters. The summed E-state index contributed by atoms with van der Waals surface area (Å²) < 4.78 is 6.97. The van der Waals surface area contributed by atoms with E-state index in [0.29, 0.717) is 0 Å². The fourth-order valence-corrected chi connectivity index (χ4v) is 1.38. The first-order chi connectivity index (χ1) is 7.38. The maximum atomic E-state index is 8.41. The van der Waals surface area contributed by atoms with E-state index in [1.54, 1.807) is 12.5 Å². The van der Waals surface area contributed by atoms with Gasteiger partial charge in [0.25, 0.3) is 0 Å². The summed E-state index contributed by atoms with van der Waals surface area (Å²) in [6.45, 7) is 0.740. The van der Waals surface area contributed by atoms with Crippen molar-refractivity contribution in [2.24, 2.45) is 5.16 Å². The van der Waals surface area contributed by atoms with E-state index in [4.69, 9.17) is 9.62 Å². The van der Waals surface area contributed by atoms with Crippen LogP contribution in [0.3, 0.4) is 0 Å². The lowest BCUT2D eigenvalue weighted by molar-refractivity contribution is -0.688. The molecule has 15 heavy (non-hydrogen) atoms. The Morgan fingerprint density at radius 1 is 1.47 bits per heavy atom. The topological polar surface area (TPSA) is 49.6 Å². The summed E-state index contributed by atoms with van der Waals surface area (Å²) in [5.74, 6) is 0. The van der Waals surface area contributed by atoms with Crippen molar-refractivity contribution < 1.29 is 14.2 Å². The van der Waals surface area contributed by atoms with Crippen LogP contribution in [0, 0.1) is 0 Å². The van der Waals surface area contributed by atoms with Crippen molar-refractivity contribution >= 4 is 6.21 Å². The molecule has 0 aliphatic heterocycles. The second-order valence-corrected chi connectivity index (χ2v) is 3.19. The molecule has 0 radical (unpaired) electrons. The van der Waals surface area contributed by atoms with Gasteiger partial charge in [0.15, 0.2) is 18.9 Å². The molecule has 0 saturated heterocycles. The highest BCUT2D eigenvalue weighted by molar-refractivity contribution is 5.77. The molecule has 76 valence electrons. The smallest absolute Gasteiger partial charge is 0.178 e. The van der Waals surface area contributed by atoms with Gasteiger partial charge in [0, 0.05) is 6.07 Å². The van der Waals surface area contributed by atoms with Gasteiger partial charge in [-0.2, -0.15) is 0 Å². The van der Waals surface area contributed by atoms with Crippen molar-refractivity contribution in [3.05, 3.63) is 54.2 Å². The van der Waals surface area contributed by atoms with Crippen LogP contribution in [0.4, 0.5) is 0 Å². The van der Waals surface area contributed by atoms with Gasteiger partial charge >= 0.3 is 0 Å². The Labute approximate surface area is 87.1 Å². The minimum Gasteiger partial charge on any atom is -0.472 e. The normalized spacial score (nSPS) is 10.9. The minimum absolute atomic E-state index is 0.740. The quantitative estimate of drug-likeness (QED) is 0.355. The number of oxime groups is 1. The van der Waals surface area contributed by atoms with E-state index in [1.807, 2.05) is 35.2 Å². The van der Waals surface area contributed by atoms with Crippen LogP contribution in [0.15, 0.2) is 52.7 Å². The third-order valence-corrected chi connectivity index (χ3v) is 2.03. The molecule has 2 aromatic heterocycles. The van der Waals surface area contributed by atoms with Crippen LogP contribution < -0.4 is 4.57 Å². The van der Waals surface area contributed by atoms with Crippen LogP contribution in [-0.4, -0.2) is 11.4 Å². The first-order valence-corrected chi connectivity index (χ1v) is 4.56. The van der Waals surface area contributed by atoms with Crippen LogP contribution in [0.2, 0.25) is 0 Å². The van der Waals surface area contributed by atoms with E-state index in [-0.39, 0.29) is 0 Å². The van der Waals surface area contributed by atoms with E-state index >= 15 is 0 Å². The molecule has 4 heteroatoms. The summed E-state index contributed by atoms with van der Waals surface area (Å²) in [6.07, 6.45) is 8.59. The molecular formula is C11H11N2O2+. The molecule has 2 heterocycles. The van der Waals surface area contributed by atoms with E-state index < -0.39 is 0 Å². The van der Waals surface area contributed by atoms with Crippen molar-refractivity contribution in [3.63, 3.8) is 0 Å². The maximum absolute atomic E-state index is 8.41.